The molecule has 0 spiro atoms. The van der Waals surface area contributed by atoms with Crippen LogP contribution in [0, 0.1) is 6.92 Å². The fraction of sp³-hybridized carbons (Fsp3) is 0.350. The predicted molar refractivity (Wildman–Crippen MR) is 95.9 cm³/mol. The van der Waals surface area contributed by atoms with Crippen LogP contribution in [0.4, 0.5) is 0 Å². The number of aryl methyl sites for hydroxylation is 1. The third-order valence-corrected chi connectivity index (χ3v) is 5.41. The minimum Gasteiger partial charge on any atom is -0.291 e. The van der Waals surface area contributed by atoms with E-state index >= 15 is 0 Å². The molecule has 3 aliphatic rings. The molecule has 24 heavy (non-hydrogen) atoms. The first-order chi connectivity index (χ1) is 11.6. The Labute approximate surface area is 142 Å². The molecule has 1 unspecified atom stereocenters. The van der Waals surface area contributed by atoms with E-state index in [1.165, 1.54) is 24.0 Å². The molecule has 1 aromatic rings. The molecular formula is C20H23N3O. The summed E-state index contributed by atoms with van der Waals surface area (Å²) in [6.45, 7) is 5.90. The molecule has 3 N–H and O–H groups in total. The van der Waals surface area contributed by atoms with Crippen LogP contribution >= 0.6 is 0 Å². The van der Waals surface area contributed by atoms with Crippen molar-refractivity contribution in [2.45, 2.75) is 43.8 Å². The third kappa shape index (κ3) is 2.43. The van der Waals surface area contributed by atoms with Gasteiger partial charge in [0.25, 0.3) is 0 Å². The number of nitrogens with one attached hydrogen (secondary N) is 2. The van der Waals surface area contributed by atoms with E-state index < -0.39 is 0 Å². The molecule has 0 saturated heterocycles. The SMILES string of the molecule is C=C(NO)C1=CC2=CC2(NC2(c3ccc(C)cc3)CCCC2)N=C1. The van der Waals surface area contributed by atoms with E-state index in [1.807, 2.05) is 6.08 Å². The summed E-state index contributed by atoms with van der Waals surface area (Å²) in [7, 11) is 0. The number of rotatable bonds is 5. The minimum atomic E-state index is -0.380. The van der Waals surface area contributed by atoms with Crippen molar-refractivity contribution in [3.63, 3.8) is 0 Å². The summed E-state index contributed by atoms with van der Waals surface area (Å²) in [5, 5.41) is 12.9. The van der Waals surface area contributed by atoms with Gasteiger partial charge in [-0.3, -0.25) is 21.0 Å². The van der Waals surface area contributed by atoms with Gasteiger partial charge in [0.05, 0.1) is 5.70 Å². The average Bonchev–Trinajstić information content (AvgIpc) is 3.10. The second kappa shape index (κ2) is 5.43. The van der Waals surface area contributed by atoms with Crippen LogP contribution in [-0.4, -0.2) is 17.1 Å². The Bertz CT molecular complexity index is 767. The zero-order valence-corrected chi connectivity index (χ0v) is 14.0. The van der Waals surface area contributed by atoms with Crippen LogP contribution in [0.5, 0.6) is 0 Å². The summed E-state index contributed by atoms with van der Waals surface area (Å²) in [5.41, 5.74) is 6.77. The maximum Gasteiger partial charge on any atom is 0.156 e. The molecule has 0 radical (unpaired) electrons. The monoisotopic (exact) mass is 321 g/mol. The van der Waals surface area contributed by atoms with Gasteiger partial charge in [-0.2, -0.15) is 0 Å². The molecule has 1 fully saturated rings. The van der Waals surface area contributed by atoms with Crippen molar-refractivity contribution in [3.05, 3.63) is 71.0 Å². The van der Waals surface area contributed by atoms with Crippen molar-refractivity contribution in [2.24, 2.45) is 4.99 Å². The number of benzene rings is 1. The number of hydrogen-bond acceptors (Lipinski definition) is 4. The van der Waals surface area contributed by atoms with Crippen LogP contribution in [0.15, 0.2) is 64.8 Å². The van der Waals surface area contributed by atoms with E-state index in [4.69, 9.17) is 10.2 Å². The van der Waals surface area contributed by atoms with Crippen LogP contribution in [0.3, 0.4) is 0 Å². The molecule has 4 heteroatoms. The topological polar surface area (TPSA) is 56.6 Å². The van der Waals surface area contributed by atoms with Crippen molar-refractivity contribution in [3.8, 4) is 0 Å². The van der Waals surface area contributed by atoms with Gasteiger partial charge in [-0.1, -0.05) is 49.2 Å². The van der Waals surface area contributed by atoms with Crippen LogP contribution in [-0.2, 0) is 5.54 Å². The number of dihydropyridines is 1. The number of nitrogens with zero attached hydrogens (tertiary/aromatic N) is 1. The van der Waals surface area contributed by atoms with Crippen LogP contribution in [0.2, 0.25) is 0 Å². The molecule has 2 aliphatic carbocycles. The first-order valence-electron chi connectivity index (χ1n) is 8.53. The number of hydroxylamine groups is 1. The molecule has 1 aromatic carbocycles. The molecule has 1 aliphatic heterocycles. The Morgan fingerprint density at radius 1 is 1.21 bits per heavy atom. The minimum absolute atomic E-state index is 0.0130. The van der Waals surface area contributed by atoms with Crippen molar-refractivity contribution in [2.75, 3.05) is 0 Å². The van der Waals surface area contributed by atoms with Crippen LogP contribution in [0.1, 0.15) is 36.8 Å². The standard InChI is InChI=1S/C20H23N3O/c1-14-5-7-17(8-6-14)19(9-3-4-10-19)23-20-12-18(20)11-16(13-21-20)15(2)22-24/h5-8,11-13,22-24H,2-4,9-10H2,1H3. The number of aliphatic imine (C=N–C) groups is 1. The average molecular weight is 321 g/mol. The Kier molecular flexibility index (Phi) is 3.48. The van der Waals surface area contributed by atoms with Gasteiger partial charge >= 0.3 is 0 Å². The molecule has 0 amide bonds. The van der Waals surface area contributed by atoms with Gasteiger partial charge < -0.3 is 0 Å². The molecule has 1 heterocycles. The Balaban J connectivity index is 1.59. The van der Waals surface area contributed by atoms with Gasteiger partial charge in [0.1, 0.15) is 0 Å². The highest BCUT2D eigenvalue weighted by Gasteiger charge is 2.51. The second-order valence-electron chi connectivity index (χ2n) is 7.09. The summed E-state index contributed by atoms with van der Waals surface area (Å²) in [5.74, 6) is 0. The third-order valence-electron chi connectivity index (χ3n) is 5.41. The highest BCUT2D eigenvalue weighted by Crippen LogP contribution is 2.48. The van der Waals surface area contributed by atoms with Gasteiger partial charge in [0.15, 0.2) is 5.66 Å². The summed E-state index contributed by atoms with van der Waals surface area (Å²) in [6.07, 6.45) is 10.7. The fourth-order valence-electron chi connectivity index (χ4n) is 3.90. The van der Waals surface area contributed by atoms with Gasteiger partial charge in [-0.15, -0.1) is 0 Å². The van der Waals surface area contributed by atoms with Crippen molar-refractivity contribution < 1.29 is 5.21 Å². The second-order valence-corrected chi connectivity index (χ2v) is 7.09. The summed E-state index contributed by atoms with van der Waals surface area (Å²) in [4.78, 5) is 4.73. The summed E-state index contributed by atoms with van der Waals surface area (Å²) < 4.78 is 0. The molecule has 1 atom stereocenters. The molecule has 0 aromatic heterocycles. The Hall–Kier alpha value is -2.17. The lowest BCUT2D eigenvalue weighted by molar-refractivity contribution is 0.204. The van der Waals surface area contributed by atoms with Crippen LogP contribution < -0.4 is 10.8 Å². The van der Waals surface area contributed by atoms with Gasteiger partial charge in [0.2, 0.25) is 0 Å². The van der Waals surface area contributed by atoms with E-state index in [9.17, 15) is 0 Å². The Morgan fingerprint density at radius 2 is 1.92 bits per heavy atom. The number of fused-ring (bicyclic) bond motifs is 1. The first-order valence-corrected chi connectivity index (χ1v) is 8.53. The van der Waals surface area contributed by atoms with Crippen molar-refractivity contribution in [1.82, 2.24) is 10.8 Å². The molecule has 4 rings (SSSR count). The van der Waals surface area contributed by atoms with E-state index in [-0.39, 0.29) is 11.2 Å². The smallest absolute Gasteiger partial charge is 0.156 e. The van der Waals surface area contributed by atoms with E-state index in [1.54, 1.807) is 6.21 Å². The first kappa shape index (κ1) is 15.4. The lowest BCUT2D eigenvalue weighted by Gasteiger charge is -2.36. The summed E-state index contributed by atoms with van der Waals surface area (Å²) in [6, 6.07) is 8.87. The van der Waals surface area contributed by atoms with Gasteiger partial charge in [-0.25, -0.2) is 0 Å². The molecule has 1 saturated carbocycles. The lowest BCUT2D eigenvalue weighted by Crippen LogP contribution is -2.49. The molecular weight excluding hydrogens is 298 g/mol. The van der Waals surface area contributed by atoms with Gasteiger partial charge in [-0.05, 0) is 43.1 Å². The van der Waals surface area contributed by atoms with Crippen molar-refractivity contribution in [1.29, 1.82) is 0 Å². The maximum atomic E-state index is 9.01. The highest BCUT2D eigenvalue weighted by atomic mass is 16.5. The largest absolute Gasteiger partial charge is 0.291 e. The zero-order valence-electron chi connectivity index (χ0n) is 14.0. The van der Waals surface area contributed by atoms with E-state index in [0.717, 1.165) is 24.0 Å². The molecule has 4 nitrogen and oxygen atoms in total. The van der Waals surface area contributed by atoms with E-state index in [0.29, 0.717) is 5.70 Å². The van der Waals surface area contributed by atoms with E-state index in [2.05, 4.69) is 54.6 Å². The lowest BCUT2D eigenvalue weighted by atomic mass is 9.86. The molecule has 124 valence electrons. The van der Waals surface area contributed by atoms with Gasteiger partial charge in [0, 0.05) is 17.3 Å². The highest BCUT2D eigenvalue weighted by molar-refractivity contribution is 5.89. The normalized spacial score (nSPS) is 26.4. The molecule has 0 bridgehead atoms. The van der Waals surface area contributed by atoms with Crippen LogP contribution in [0.25, 0.3) is 0 Å². The fourth-order valence-corrected chi connectivity index (χ4v) is 3.90. The van der Waals surface area contributed by atoms with Crippen molar-refractivity contribution >= 4 is 6.21 Å². The quantitative estimate of drug-likeness (QED) is 0.728. The summed E-state index contributed by atoms with van der Waals surface area (Å²) >= 11 is 0. The Morgan fingerprint density at radius 3 is 2.54 bits per heavy atom. The maximum absolute atomic E-state index is 9.01. The zero-order chi connectivity index (χ0) is 16.8. The number of allylic oxidation sites excluding steroid dienone is 1. The predicted octanol–water partition coefficient (Wildman–Crippen LogP) is 3.49. The number of hydrogen-bond donors (Lipinski definition) is 3.